The van der Waals surface area contributed by atoms with Crippen LogP contribution in [0.15, 0.2) is 36.4 Å². The molecule has 0 spiro atoms. The molecular weight excluding hydrogens is 400 g/mol. The van der Waals surface area contributed by atoms with E-state index in [0.29, 0.717) is 37.0 Å². The molecule has 31 heavy (non-hydrogen) atoms. The zero-order chi connectivity index (χ0) is 21.4. The Hall–Kier alpha value is -3.33. The van der Waals surface area contributed by atoms with Crippen molar-refractivity contribution in [2.75, 3.05) is 43.2 Å². The molecule has 2 atom stereocenters. The van der Waals surface area contributed by atoms with Crippen molar-refractivity contribution in [2.24, 2.45) is 5.92 Å². The second-order valence-corrected chi connectivity index (χ2v) is 7.89. The molecule has 9 heteroatoms. The summed E-state index contributed by atoms with van der Waals surface area (Å²) in [7, 11) is 1.61. The lowest BCUT2D eigenvalue weighted by Crippen LogP contribution is -2.55. The second-order valence-electron chi connectivity index (χ2n) is 7.89. The molecule has 2 unspecified atom stereocenters. The fourth-order valence-corrected chi connectivity index (χ4v) is 4.21. The van der Waals surface area contributed by atoms with Gasteiger partial charge >= 0.3 is 6.09 Å². The first kappa shape index (κ1) is 19.6. The van der Waals surface area contributed by atoms with E-state index in [4.69, 9.17) is 14.2 Å². The van der Waals surface area contributed by atoms with E-state index in [1.54, 1.807) is 29.0 Å². The monoisotopic (exact) mass is 424 g/mol. The van der Waals surface area contributed by atoms with Crippen molar-refractivity contribution in [3.8, 4) is 11.5 Å². The van der Waals surface area contributed by atoms with Crippen LogP contribution < -0.4 is 24.6 Å². The number of amides is 2. The summed E-state index contributed by atoms with van der Waals surface area (Å²) < 4.78 is 16.4. The molecular formula is C22H24N4O5. The Balaban J connectivity index is 1.42. The molecule has 162 valence electrons. The van der Waals surface area contributed by atoms with Crippen LogP contribution in [-0.4, -0.2) is 56.4 Å². The van der Waals surface area contributed by atoms with Crippen LogP contribution in [0.4, 0.5) is 16.4 Å². The van der Waals surface area contributed by atoms with Gasteiger partial charge in [0.2, 0.25) is 0 Å². The number of carbonyl (C=O) groups is 2. The van der Waals surface area contributed by atoms with E-state index in [2.05, 4.69) is 10.3 Å². The van der Waals surface area contributed by atoms with Crippen molar-refractivity contribution in [1.82, 2.24) is 10.3 Å². The van der Waals surface area contributed by atoms with Gasteiger partial charge in [-0.1, -0.05) is 12.1 Å². The molecule has 1 N–H and O–H groups in total. The fraction of sp³-hybridized carbons (Fsp3) is 0.409. The number of fused-ring (bicyclic) bond motifs is 2. The fourth-order valence-electron chi connectivity index (χ4n) is 4.21. The zero-order valence-corrected chi connectivity index (χ0v) is 17.2. The molecule has 5 rings (SSSR count). The Kier molecular flexibility index (Phi) is 5.11. The number of hydrogen-bond acceptors (Lipinski definition) is 7. The predicted octanol–water partition coefficient (Wildman–Crippen LogP) is 1.95. The zero-order valence-electron chi connectivity index (χ0n) is 17.2. The normalized spacial score (nSPS) is 22.9. The number of benzene rings is 1. The first-order valence-corrected chi connectivity index (χ1v) is 10.4. The molecule has 9 nitrogen and oxygen atoms in total. The maximum absolute atomic E-state index is 12.6. The number of carbonyl (C=O) groups excluding carboxylic acids is 2. The Labute approximate surface area is 179 Å². The Morgan fingerprint density at radius 3 is 2.84 bits per heavy atom. The van der Waals surface area contributed by atoms with Crippen LogP contribution in [-0.2, 0) is 16.1 Å². The lowest BCUT2D eigenvalue weighted by atomic mass is 9.93. The summed E-state index contributed by atoms with van der Waals surface area (Å²) in [6.45, 7) is 2.43. The Bertz CT molecular complexity index is 996. The number of hydrogen-bond donors (Lipinski definition) is 1. The molecule has 3 aliphatic heterocycles. The van der Waals surface area contributed by atoms with Crippen LogP contribution in [0.1, 0.15) is 12.0 Å². The molecule has 2 aromatic rings. The molecule has 0 bridgehead atoms. The van der Waals surface area contributed by atoms with Crippen LogP contribution in [0.3, 0.4) is 0 Å². The molecule has 0 radical (unpaired) electrons. The van der Waals surface area contributed by atoms with Crippen molar-refractivity contribution in [2.45, 2.75) is 19.1 Å². The lowest BCUT2D eigenvalue weighted by Gasteiger charge is -2.40. The SMILES string of the molecule is COc1ccc(CN2C(=O)COc3ccc(N4CC5CCNCC5OC4=O)nc32)cc1. The van der Waals surface area contributed by atoms with E-state index < -0.39 is 6.09 Å². The van der Waals surface area contributed by atoms with Gasteiger partial charge in [0.25, 0.3) is 5.91 Å². The molecule has 4 heterocycles. The average Bonchev–Trinajstić information content (AvgIpc) is 2.80. The van der Waals surface area contributed by atoms with E-state index in [-0.39, 0.29) is 24.5 Å². The summed E-state index contributed by atoms with van der Waals surface area (Å²) in [5, 5.41) is 3.26. The van der Waals surface area contributed by atoms with E-state index in [1.807, 2.05) is 24.3 Å². The number of piperidine rings is 1. The van der Waals surface area contributed by atoms with E-state index in [0.717, 1.165) is 24.3 Å². The number of nitrogens with one attached hydrogen (secondary N) is 1. The first-order valence-electron chi connectivity index (χ1n) is 10.4. The van der Waals surface area contributed by atoms with Crippen molar-refractivity contribution >= 4 is 23.6 Å². The van der Waals surface area contributed by atoms with Gasteiger partial charge < -0.3 is 19.5 Å². The number of methoxy groups -OCH3 is 1. The maximum atomic E-state index is 12.6. The van der Waals surface area contributed by atoms with E-state index >= 15 is 0 Å². The van der Waals surface area contributed by atoms with Gasteiger partial charge in [0, 0.05) is 19.0 Å². The van der Waals surface area contributed by atoms with Crippen LogP contribution >= 0.6 is 0 Å². The summed E-state index contributed by atoms with van der Waals surface area (Å²) in [4.78, 5) is 33.1. The van der Waals surface area contributed by atoms with E-state index in [1.165, 1.54) is 0 Å². The smallest absolute Gasteiger partial charge is 0.415 e. The topological polar surface area (TPSA) is 93.2 Å². The van der Waals surface area contributed by atoms with Gasteiger partial charge in [-0.15, -0.1) is 0 Å². The number of anilines is 2. The second kappa shape index (κ2) is 8.07. The predicted molar refractivity (Wildman–Crippen MR) is 113 cm³/mol. The van der Waals surface area contributed by atoms with Crippen LogP contribution in [0.25, 0.3) is 0 Å². The van der Waals surface area contributed by atoms with Gasteiger partial charge in [-0.2, -0.15) is 0 Å². The highest BCUT2D eigenvalue weighted by molar-refractivity contribution is 5.97. The Morgan fingerprint density at radius 1 is 1.19 bits per heavy atom. The highest BCUT2D eigenvalue weighted by atomic mass is 16.6. The minimum atomic E-state index is -0.415. The lowest BCUT2D eigenvalue weighted by molar-refractivity contribution is -0.121. The number of ether oxygens (including phenoxy) is 3. The van der Waals surface area contributed by atoms with Crippen LogP contribution in [0.5, 0.6) is 11.5 Å². The van der Waals surface area contributed by atoms with E-state index in [9.17, 15) is 9.59 Å². The van der Waals surface area contributed by atoms with Crippen molar-refractivity contribution in [3.05, 3.63) is 42.0 Å². The number of rotatable bonds is 4. The van der Waals surface area contributed by atoms with Crippen molar-refractivity contribution in [1.29, 1.82) is 0 Å². The van der Waals surface area contributed by atoms with Gasteiger partial charge in [0.15, 0.2) is 18.2 Å². The number of aromatic nitrogens is 1. The minimum absolute atomic E-state index is 0.0489. The van der Waals surface area contributed by atoms with Crippen molar-refractivity contribution in [3.63, 3.8) is 0 Å². The molecule has 2 amide bonds. The highest BCUT2D eigenvalue weighted by Crippen LogP contribution is 2.35. The van der Waals surface area contributed by atoms with Gasteiger partial charge in [-0.3, -0.25) is 14.6 Å². The number of nitrogens with zero attached hydrogens (tertiary/aromatic N) is 3. The molecule has 1 aromatic carbocycles. The summed E-state index contributed by atoms with van der Waals surface area (Å²) in [5.41, 5.74) is 0.934. The standard InChI is InChI=1S/C22H24N4O5/c1-29-16-4-2-14(3-5-16)11-26-20(27)13-30-17-6-7-19(24-21(17)26)25-12-15-8-9-23-10-18(15)31-22(25)28/h2-7,15,18,23H,8-13H2,1H3. The van der Waals surface area contributed by atoms with Crippen LogP contribution in [0.2, 0.25) is 0 Å². The van der Waals surface area contributed by atoms with Crippen molar-refractivity contribution < 1.29 is 23.8 Å². The third kappa shape index (κ3) is 3.76. The maximum Gasteiger partial charge on any atom is 0.415 e. The number of pyridine rings is 1. The first-order chi connectivity index (χ1) is 15.1. The third-order valence-electron chi connectivity index (χ3n) is 5.96. The average molecular weight is 424 g/mol. The molecule has 2 fully saturated rings. The summed E-state index contributed by atoms with van der Waals surface area (Å²) in [5.74, 6) is 2.20. The van der Waals surface area contributed by atoms with Gasteiger partial charge in [0.1, 0.15) is 17.7 Å². The molecule has 0 aliphatic carbocycles. The summed E-state index contributed by atoms with van der Waals surface area (Å²) in [6.07, 6.45) is 0.415. The quantitative estimate of drug-likeness (QED) is 0.802. The summed E-state index contributed by atoms with van der Waals surface area (Å²) in [6, 6.07) is 11.0. The molecule has 2 saturated heterocycles. The third-order valence-corrected chi connectivity index (χ3v) is 5.96. The largest absolute Gasteiger partial charge is 0.497 e. The van der Waals surface area contributed by atoms with Gasteiger partial charge in [-0.05, 0) is 42.8 Å². The van der Waals surface area contributed by atoms with Crippen LogP contribution in [0, 0.1) is 5.92 Å². The van der Waals surface area contributed by atoms with Gasteiger partial charge in [-0.25, -0.2) is 9.78 Å². The Morgan fingerprint density at radius 2 is 2.03 bits per heavy atom. The molecule has 0 saturated carbocycles. The van der Waals surface area contributed by atoms with Gasteiger partial charge in [0.05, 0.1) is 13.7 Å². The molecule has 1 aromatic heterocycles. The molecule has 3 aliphatic rings. The minimum Gasteiger partial charge on any atom is -0.497 e. The highest BCUT2D eigenvalue weighted by Gasteiger charge is 2.39. The summed E-state index contributed by atoms with van der Waals surface area (Å²) >= 11 is 0.